The Kier molecular flexibility index (Phi) is 4.22. The maximum atomic E-state index is 12.5. The third-order valence-corrected chi connectivity index (χ3v) is 5.23. The van der Waals surface area contributed by atoms with E-state index in [2.05, 4.69) is 34.0 Å². The fourth-order valence-electron chi connectivity index (χ4n) is 1.93. The molecule has 122 valence electrons. The Balaban J connectivity index is 1.89. The molecule has 9 heteroatoms. The molecule has 3 aromatic rings. The van der Waals surface area contributed by atoms with Crippen LogP contribution in [0.4, 0.5) is 10.8 Å². The van der Waals surface area contributed by atoms with Crippen molar-refractivity contribution in [3.63, 3.8) is 0 Å². The van der Waals surface area contributed by atoms with Crippen LogP contribution in [0.1, 0.15) is 13.8 Å². The first kappa shape index (κ1) is 15.8. The summed E-state index contributed by atoms with van der Waals surface area (Å²) in [6.07, 6.45) is 1.32. The molecular formula is C14H17N5O2S2. The van der Waals surface area contributed by atoms with Gasteiger partial charge >= 0.3 is 0 Å². The minimum absolute atomic E-state index is 0.0187. The van der Waals surface area contributed by atoms with Crippen molar-refractivity contribution in [3.05, 3.63) is 36.5 Å². The summed E-state index contributed by atoms with van der Waals surface area (Å²) < 4.78 is 28.9. The van der Waals surface area contributed by atoms with E-state index in [1.165, 1.54) is 22.0 Å². The van der Waals surface area contributed by atoms with Crippen LogP contribution in [0.25, 0.3) is 4.96 Å². The Bertz CT molecular complexity index is 900. The number of anilines is 2. The van der Waals surface area contributed by atoms with Crippen LogP contribution in [-0.2, 0) is 10.0 Å². The van der Waals surface area contributed by atoms with Crippen LogP contribution in [-0.4, -0.2) is 29.6 Å². The number of nitrogens with one attached hydrogen (secondary N) is 2. The van der Waals surface area contributed by atoms with E-state index < -0.39 is 10.0 Å². The van der Waals surface area contributed by atoms with E-state index >= 15 is 0 Å². The topological polar surface area (TPSA) is 88.4 Å². The molecule has 0 aliphatic heterocycles. The molecule has 0 atom stereocenters. The lowest BCUT2D eigenvalue weighted by Gasteiger charge is -2.06. The van der Waals surface area contributed by atoms with Gasteiger partial charge < -0.3 is 5.32 Å². The van der Waals surface area contributed by atoms with Gasteiger partial charge in [-0.1, -0.05) is 43.4 Å². The molecule has 0 saturated heterocycles. The van der Waals surface area contributed by atoms with Gasteiger partial charge in [-0.25, -0.2) is 4.98 Å². The molecule has 2 N–H and O–H groups in total. The van der Waals surface area contributed by atoms with Gasteiger partial charge in [-0.05, 0) is 18.1 Å². The molecule has 3 rings (SSSR count). The highest BCUT2D eigenvalue weighted by atomic mass is 32.2. The van der Waals surface area contributed by atoms with Crippen molar-refractivity contribution < 1.29 is 8.42 Å². The second kappa shape index (κ2) is 6.17. The molecule has 0 saturated carbocycles. The van der Waals surface area contributed by atoms with Gasteiger partial charge in [0, 0.05) is 12.2 Å². The fraction of sp³-hybridized carbons (Fsp3) is 0.286. The molecule has 2 heterocycles. The molecule has 0 unspecified atom stereocenters. The highest BCUT2D eigenvalue weighted by Gasteiger charge is 2.22. The summed E-state index contributed by atoms with van der Waals surface area (Å²) in [5.41, 5.74) is 0.496. The zero-order chi connectivity index (χ0) is 16.4. The number of benzene rings is 1. The average molecular weight is 351 g/mol. The lowest BCUT2D eigenvalue weighted by atomic mass is 10.2. The third-order valence-electron chi connectivity index (χ3n) is 3.02. The number of para-hydroxylation sites is 1. The first-order valence-corrected chi connectivity index (χ1v) is 9.42. The van der Waals surface area contributed by atoms with Gasteiger partial charge in [0.2, 0.25) is 10.1 Å². The monoisotopic (exact) mass is 351 g/mol. The van der Waals surface area contributed by atoms with E-state index in [1.54, 1.807) is 24.3 Å². The molecule has 0 radical (unpaired) electrons. The first-order chi connectivity index (χ1) is 11.0. The molecule has 7 nitrogen and oxygen atoms in total. The lowest BCUT2D eigenvalue weighted by molar-refractivity contribution is 0.594. The third kappa shape index (κ3) is 3.45. The normalized spacial score (nSPS) is 12.0. The Labute approximate surface area is 138 Å². The van der Waals surface area contributed by atoms with E-state index in [0.717, 1.165) is 6.54 Å². The van der Waals surface area contributed by atoms with Crippen LogP contribution >= 0.6 is 11.3 Å². The first-order valence-electron chi connectivity index (χ1n) is 7.12. The second-order valence-electron chi connectivity index (χ2n) is 5.44. The van der Waals surface area contributed by atoms with E-state index in [4.69, 9.17) is 0 Å². The number of rotatable bonds is 6. The summed E-state index contributed by atoms with van der Waals surface area (Å²) in [4.78, 5) is 4.67. The summed E-state index contributed by atoms with van der Waals surface area (Å²) in [7, 11) is -3.75. The van der Waals surface area contributed by atoms with Crippen molar-refractivity contribution in [2.24, 2.45) is 5.92 Å². The maximum Gasteiger partial charge on any atom is 0.281 e. The number of imidazole rings is 1. The quantitative estimate of drug-likeness (QED) is 0.713. The summed E-state index contributed by atoms with van der Waals surface area (Å²) in [6, 6.07) is 8.72. The standard InChI is InChI=1S/C14H17N5O2S2/c1-10(2)8-15-13-17-19-12(9-16-14(19)22-13)23(20,21)18-11-6-4-3-5-7-11/h3-7,9-10,18H,8H2,1-2H3,(H,15,17). The predicted molar refractivity (Wildman–Crippen MR) is 91.4 cm³/mol. The van der Waals surface area contributed by atoms with Crippen molar-refractivity contribution >= 4 is 37.1 Å². The summed E-state index contributed by atoms with van der Waals surface area (Å²) in [6.45, 7) is 4.94. The predicted octanol–water partition coefficient (Wildman–Crippen LogP) is 2.66. The molecule has 0 fully saturated rings. The van der Waals surface area contributed by atoms with Gasteiger partial charge in [0.1, 0.15) is 0 Å². The molecule has 0 aliphatic rings. The average Bonchev–Trinajstić information content (AvgIpc) is 3.05. The zero-order valence-corrected chi connectivity index (χ0v) is 14.4. The van der Waals surface area contributed by atoms with E-state index in [-0.39, 0.29) is 5.03 Å². The minimum atomic E-state index is -3.75. The molecule has 2 aromatic heterocycles. The second-order valence-corrected chi connectivity index (χ2v) is 8.03. The number of hydrogen-bond donors (Lipinski definition) is 2. The number of hydrogen-bond acceptors (Lipinski definition) is 6. The number of aromatic nitrogens is 3. The maximum absolute atomic E-state index is 12.5. The van der Waals surface area contributed by atoms with Gasteiger partial charge in [-0.15, -0.1) is 5.10 Å². The fourth-order valence-corrected chi connectivity index (χ4v) is 3.87. The largest absolute Gasteiger partial charge is 0.360 e. The molecule has 0 amide bonds. The zero-order valence-electron chi connectivity index (χ0n) is 12.7. The van der Waals surface area contributed by atoms with Crippen molar-refractivity contribution in [2.75, 3.05) is 16.6 Å². The Morgan fingerprint density at radius 3 is 2.70 bits per heavy atom. The number of nitrogens with zero attached hydrogens (tertiary/aromatic N) is 3. The van der Waals surface area contributed by atoms with Crippen LogP contribution in [0.5, 0.6) is 0 Å². The minimum Gasteiger partial charge on any atom is -0.360 e. The Morgan fingerprint density at radius 1 is 1.26 bits per heavy atom. The van der Waals surface area contributed by atoms with Crippen LogP contribution in [0, 0.1) is 5.92 Å². The summed E-state index contributed by atoms with van der Waals surface area (Å²) in [5.74, 6) is 0.467. The lowest BCUT2D eigenvalue weighted by Crippen LogP contribution is -2.15. The Hall–Kier alpha value is -2.13. The Morgan fingerprint density at radius 2 is 2.00 bits per heavy atom. The highest BCUT2D eigenvalue weighted by molar-refractivity contribution is 7.92. The van der Waals surface area contributed by atoms with E-state index in [0.29, 0.717) is 21.7 Å². The van der Waals surface area contributed by atoms with Gasteiger partial charge in [0.05, 0.1) is 6.20 Å². The smallest absolute Gasteiger partial charge is 0.281 e. The number of fused-ring (bicyclic) bond motifs is 1. The van der Waals surface area contributed by atoms with Crippen LogP contribution in [0.3, 0.4) is 0 Å². The SMILES string of the molecule is CC(C)CNc1nn2c(S(=O)(=O)Nc3ccccc3)cnc2s1. The molecular weight excluding hydrogens is 334 g/mol. The van der Waals surface area contributed by atoms with Crippen molar-refractivity contribution in [1.29, 1.82) is 0 Å². The molecule has 23 heavy (non-hydrogen) atoms. The van der Waals surface area contributed by atoms with Gasteiger partial charge in [-0.3, -0.25) is 4.72 Å². The van der Waals surface area contributed by atoms with Crippen LogP contribution in [0.2, 0.25) is 0 Å². The van der Waals surface area contributed by atoms with Crippen LogP contribution < -0.4 is 10.0 Å². The van der Waals surface area contributed by atoms with Crippen molar-refractivity contribution in [1.82, 2.24) is 14.6 Å². The molecule has 0 aliphatic carbocycles. The van der Waals surface area contributed by atoms with Gasteiger partial charge in [0.15, 0.2) is 5.03 Å². The molecule has 1 aromatic carbocycles. The van der Waals surface area contributed by atoms with Crippen molar-refractivity contribution in [2.45, 2.75) is 18.9 Å². The van der Waals surface area contributed by atoms with Crippen LogP contribution in [0.15, 0.2) is 41.6 Å². The van der Waals surface area contributed by atoms with Gasteiger partial charge in [0.25, 0.3) is 10.0 Å². The van der Waals surface area contributed by atoms with Crippen molar-refractivity contribution in [3.8, 4) is 0 Å². The van der Waals surface area contributed by atoms with E-state index in [1.807, 2.05) is 6.07 Å². The van der Waals surface area contributed by atoms with E-state index in [9.17, 15) is 8.42 Å². The summed E-state index contributed by atoms with van der Waals surface area (Å²) in [5, 5.41) is 8.14. The highest BCUT2D eigenvalue weighted by Crippen LogP contribution is 2.23. The molecule has 0 spiro atoms. The van der Waals surface area contributed by atoms with Gasteiger partial charge in [-0.2, -0.15) is 12.9 Å². The number of sulfonamides is 1. The molecule has 0 bridgehead atoms. The summed E-state index contributed by atoms with van der Waals surface area (Å²) >= 11 is 1.32.